The molecule has 0 aliphatic rings. The summed E-state index contributed by atoms with van der Waals surface area (Å²) in [5, 5.41) is 8.12. The van der Waals surface area contributed by atoms with Crippen LogP contribution in [0.3, 0.4) is 0 Å². The molecule has 0 fully saturated rings. The Hall–Kier alpha value is -0.590. The second-order valence-electron chi connectivity index (χ2n) is 3.39. The molecule has 2 nitrogen and oxygen atoms in total. The first kappa shape index (κ1) is 15.5. The van der Waals surface area contributed by atoms with Gasteiger partial charge in [-0.05, 0) is 17.7 Å². The van der Waals surface area contributed by atoms with Crippen LogP contribution in [0.2, 0.25) is 5.02 Å². The zero-order valence-electron chi connectivity index (χ0n) is 9.09. The van der Waals surface area contributed by atoms with E-state index in [9.17, 15) is 0 Å². The van der Waals surface area contributed by atoms with Gasteiger partial charge in [-0.15, -0.1) is 12.3 Å². The lowest BCUT2D eigenvalue weighted by Gasteiger charge is -2.21. The normalized spacial score (nSPS) is 12.6. The molecule has 0 heterocycles. The fourth-order valence-electron chi connectivity index (χ4n) is 1.22. The van der Waals surface area contributed by atoms with Gasteiger partial charge in [0.25, 0.3) is 3.79 Å². The summed E-state index contributed by atoms with van der Waals surface area (Å²) in [6, 6.07) is 6.89. The highest BCUT2D eigenvalue weighted by Gasteiger charge is 2.31. The van der Waals surface area contributed by atoms with Crippen molar-refractivity contribution in [2.24, 2.45) is 0 Å². The second kappa shape index (κ2) is 6.54. The van der Waals surface area contributed by atoms with E-state index in [1.165, 1.54) is 0 Å². The molecule has 0 saturated heterocycles. The highest BCUT2D eigenvalue weighted by atomic mass is 35.6. The zero-order valence-corrected chi connectivity index (χ0v) is 12.1. The number of hydrogen-bond donors (Lipinski definition) is 1. The molecule has 1 unspecified atom stereocenters. The molecule has 0 radical (unpaired) electrons. The Morgan fingerprint density at radius 1 is 1.33 bits per heavy atom. The molecule has 6 heteroatoms. The van der Waals surface area contributed by atoms with Gasteiger partial charge in [-0.2, -0.15) is 0 Å². The molecule has 0 spiro atoms. The maximum Gasteiger partial charge on any atom is 0.265 e. The second-order valence-corrected chi connectivity index (χ2v) is 6.11. The van der Waals surface area contributed by atoms with E-state index in [0.29, 0.717) is 5.02 Å². The molecule has 0 bridgehead atoms. The number of rotatable bonds is 3. The van der Waals surface area contributed by atoms with Crippen LogP contribution in [-0.2, 0) is 4.74 Å². The molecule has 0 amide bonds. The predicted molar refractivity (Wildman–Crippen MR) is 76.7 cm³/mol. The van der Waals surface area contributed by atoms with Gasteiger partial charge in [-0.3, -0.25) is 5.41 Å². The monoisotopic (exact) mass is 323 g/mol. The SMILES string of the molecule is C#CCC(OC(=N)C(Cl)(Cl)Cl)c1ccc(Cl)cc1. The summed E-state index contributed by atoms with van der Waals surface area (Å²) in [5.74, 6) is 1.98. The van der Waals surface area contributed by atoms with Crippen molar-refractivity contribution in [1.29, 1.82) is 5.41 Å². The number of alkyl halides is 3. The highest BCUT2D eigenvalue weighted by Crippen LogP contribution is 2.32. The number of terminal acetylenes is 1. The Labute approximate surface area is 126 Å². The van der Waals surface area contributed by atoms with Crippen LogP contribution in [0, 0.1) is 17.8 Å². The smallest absolute Gasteiger partial charge is 0.265 e. The topological polar surface area (TPSA) is 33.1 Å². The van der Waals surface area contributed by atoms with Crippen LogP contribution in [0.4, 0.5) is 0 Å². The van der Waals surface area contributed by atoms with Crippen molar-refractivity contribution < 1.29 is 4.74 Å². The lowest BCUT2D eigenvalue weighted by Crippen LogP contribution is -2.23. The molecule has 1 N–H and O–H groups in total. The van der Waals surface area contributed by atoms with Gasteiger partial charge in [0.05, 0.1) is 6.42 Å². The molecule has 18 heavy (non-hydrogen) atoms. The summed E-state index contributed by atoms with van der Waals surface area (Å²) in [5.41, 5.74) is 0.761. The maximum absolute atomic E-state index is 7.53. The fourth-order valence-corrected chi connectivity index (χ4v) is 1.48. The first-order valence-corrected chi connectivity index (χ1v) is 6.37. The molecule has 0 aliphatic heterocycles. The lowest BCUT2D eigenvalue weighted by molar-refractivity contribution is 0.191. The van der Waals surface area contributed by atoms with Gasteiger partial charge in [0, 0.05) is 5.02 Å². The Morgan fingerprint density at radius 2 is 1.89 bits per heavy atom. The minimum atomic E-state index is -1.90. The van der Waals surface area contributed by atoms with Crippen molar-refractivity contribution in [3.05, 3.63) is 34.9 Å². The molecule has 1 atom stereocenters. The predicted octanol–water partition coefficient (Wildman–Crippen LogP) is 4.77. The van der Waals surface area contributed by atoms with E-state index in [0.717, 1.165) is 5.56 Å². The van der Waals surface area contributed by atoms with Crippen molar-refractivity contribution >= 4 is 52.3 Å². The Kier molecular flexibility index (Phi) is 5.62. The van der Waals surface area contributed by atoms with Gasteiger partial charge in [0.15, 0.2) is 0 Å². The summed E-state index contributed by atoms with van der Waals surface area (Å²) < 4.78 is 3.38. The van der Waals surface area contributed by atoms with E-state index in [-0.39, 0.29) is 6.42 Å². The van der Waals surface area contributed by atoms with Crippen LogP contribution >= 0.6 is 46.4 Å². The van der Waals surface area contributed by atoms with E-state index >= 15 is 0 Å². The first-order chi connectivity index (χ1) is 8.34. The highest BCUT2D eigenvalue weighted by molar-refractivity contribution is 6.76. The quantitative estimate of drug-likeness (QED) is 0.369. The summed E-state index contributed by atoms with van der Waals surface area (Å²) >= 11 is 22.4. The fraction of sp³-hybridized carbons (Fsp3) is 0.250. The Morgan fingerprint density at radius 3 is 2.33 bits per heavy atom. The summed E-state index contributed by atoms with van der Waals surface area (Å²) in [6.45, 7) is 0. The van der Waals surface area contributed by atoms with Gasteiger partial charge >= 0.3 is 0 Å². The van der Waals surface area contributed by atoms with Gasteiger partial charge in [0.1, 0.15) is 6.10 Å². The number of halogens is 4. The average Bonchev–Trinajstić information content (AvgIpc) is 2.28. The van der Waals surface area contributed by atoms with Crippen molar-refractivity contribution in [3.63, 3.8) is 0 Å². The van der Waals surface area contributed by atoms with Crippen molar-refractivity contribution in [2.75, 3.05) is 0 Å². The molecular weight excluding hydrogens is 316 g/mol. The molecule has 0 aliphatic carbocycles. The van der Waals surface area contributed by atoms with E-state index in [4.69, 9.17) is 63.0 Å². The van der Waals surface area contributed by atoms with Crippen molar-refractivity contribution in [3.8, 4) is 12.3 Å². The number of hydrogen-bond acceptors (Lipinski definition) is 2. The third-order valence-corrected chi connectivity index (χ3v) is 2.83. The Balaban J connectivity index is 2.87. The van der Waals surface area contributed by atoms with Gasteiger partial charge < -0.3 is 4.74 Å². The molecule has 1 aromatic rings. The van der Waals surface area contributed by atoms with Gasteiger partial charge in [-0.1, -0.05) is 58.5 Å². The molecular formula is C12H9Cl4NO. The molecule has 1 rings (SSSR count). The number of nitrogens with one attached hydrogen (secondary N) is 1. The van der Waals surface area contributed by atoms with E-state index < -0.39 is 15.8 Å². The van der Waals surface area contributed by atoms with E-state index in [1.807, 2.05) is 0 Å². The third-order valence-electron chi connectivity index (χ3n) is 2.06. The molecule has 0 aromatic heterocycles. The average molecular weight is 325 g/mol. The molecule has 96 valence electrons. The lowest BCUT2D eigenvalue weighted by atomic mass is 10.1. The summed E-state index contributed by atoms with van der Waals surface area (Å²) in [4.78, 5) is 0. The van der Waals surface area contributed by atoms with E-state index in [1.54, 1.807) is 24.3 Å². The van der Waals surface area contributed by atoms with Crippen LogP contribution < -0.4 is 0 Å². The summed E-state index contributed by atoms with van der Waals surface area (Å²) in [6.07, 6.45) is 4.96. The zero-order chi connectivity index (χ0) is 13.8. The van der Waals surface area contributed by atoms with Crippen LogP contribution in [0.25, 0.3) is 0 Å². The molecule has 1 aromatic carbocycles. The van der Waals surface area contributed by atoms with Crippen LogP contribution in [-0.4, -0.2) is 9.69 Å². The standard InChI is InChI=1S/C12H9Cl4NO/c1-2-3-10(18-11(17)12(14,15)16)8-4-6-9(13)7-5-8/h1,4-7,10,17H,3H2. The van der Waals surface area contributed by atoms with Gasteiger partial charge in [-0.25, -0.2) is 0 Å². The van der Waals surface area contributed by atoms with Crippen molar-refractivity contribution in [2.45, 2.75) is 16.3 Å². The van der Waals surface area contributed by atoms with Gasteiger partial charge in [0.2, 0.25) is 5.90 Å². The molecule has 0 saturated carbocycles. The number of benzene rings is 1. The maximum atomic E-state index is 7.53. The van der Waals surface area contributed by atoms with Crippen LogP contribution in [0.5, 0.6) is 0 Å². The minimum absolute atomic E-state index is 0.255. The van der Waals surface area contributed by atoms with Crippen LogP contribution in [0.1, 0.15) is 18.1 Å². The summed E-state index contributed by atoms with van der Waals surface area (Å²) in [7, 11) is 0. The largest absolute Gasteiger partial charge is 0.469 e. The van der Waals surface area contributed by atoms with Crippen molar-refractivity contribution in [1.82, 2.24) is 0 Å². The Bertz CT molecular complexity index is 458. The third kappa shape index (κ3) is 4.59. The first-order valence-electron chi connectivity index (χ1n) is 4.86. The number of ether oxygens (including phenoxy) is 1. The van der Waals surface area contributed by atoms with Crippen LogP contribution in [0.15, 0.2) is 24.3 Å². The van der Waals surface area contributed by atoms with E-state index in [2.05, 4.69) is 5.92 Å². The minimum Gasteiger partial charge on any atom is -0.469 e.